The zero-order chi connectivity index (χ0) is 24.6. The van der Waals surface area contributed by atoms with Crippen LogP contribution in [0.4, 0.5) is 0 Å². The van der Waals surface area contributed by atoms with Gasteiger partial charge in [-0.15, -0.1) is 0 Å². The lowest BCUT2D eigenvalue weighted by Gasteiger charge is -2.30. The van der Waals surface area contributed by atoms with Crippen molar-refractivity contribution in [3.63, 3.8) is 0 Å². The number of hydrogen-bond acceptors (Lipinski definition) is 2. The molecular weight excluding hydrogens is 466 g/mol. The first-order valence-electron chi connectivity index (χ1n) is 12.5. The van der Waals surface area contributed by atoms with Gasteiger partial charge in [-0.2, -0.15) is 0 Å². The van der Waals surface area contributed by atoms with Gasteiger partial charge in [0, 0.05) is 33.0 Å². The average molecular weight is 501 g/mol. The van der Waals surface area contributed by atoms with Gasteiger partial charge in [0.05, 0.1) is 0 Å². The van der Waals surface area contributed by atoms with Crippen molar-refractivity contribution < 1.29 is 9.13 Å². The van der Waals surface area contributed by atoms with E-state index in [1.54, 1.807) is 0 Å². The van der Waals surface area contributed by atoms with Crippen LogP contribution in [-0.4, -0.2) is 11.8 Å². The molecule has 0 saturated carbocycles. The zero-order valence-corrected chi connectivity index (χ0v) is 22.2. The van der Waals surface area contributed by atoms with Crippen molar-refractivity contribution in [2.45, 2.75) is 38.3 Å². The fourth-order valence-electron chi connectivity index (χ4n) is 4.89. The maximum Gasteiger partial charge on any atom is 0.146 e. The van der Waals surface area contributed by atoms with Crippen LogP contribution >= 0.6 is 14.3 Å². The molecule has 0 aliphatic heterocycles. The molecule has 180 valence electrons. The van der Waals surface area contributed by atoms with E-state index < -0.39 is 14.3 Å². The Labute approximate surface area is 210 Å². The highest BCUT2D eigenvalue weighted by atomic mass is 31.2. The average Bonchev–Trinajstić information content (AvgIpc) is 2.94. The molecule has 0 amide bonds. The first-order chi connectivity index (χ1) is 17.1. The van der Waals surface area contributed by atoms with Crippen LogP contribution in [-0.2, 0) is 9.13 Å². The summed E-state index contributed by atoms with van der Waals surface area (Å²) in [5.74, 6) is 0. The first-order valence-corrected chi connectivity index (χ1v) is 16.2. The monoisotopic (exact) mass is 500 g/mol. The summed E-state index contributed by atoms with van der Waals surface area (Å²) < 4.78 is 29.8. The Morgan fingerprint density at radius 1 is 0.543 bits per heavy atom. The third-order valence-electron chi connectivity index (χ3n) is 6.81. The highest BCUT2D eigenvalue weighted by Gasteiger charge is 2.38. The summed E-state index contributed by atoms with van der Waals surface area (Å²) in [7, 11) is -5.84. The summed E-state index contributed by atoms with van der Waals surface area (Å²) in [5.41, 5.74) is -0.0759. The molecule has 4 aromatic carbocycles. The van der Waals surface area contributed by atoms with E-state index >= 15 is 4.57 Å². The van der Waals surface area contributed by atoms with Crippen LogP contribution in [0.15, 0.2) is 121 Å². The fraction of sp³-hybridized carbons (Fsp3) is 0.226. The Kier molecular flexibility index (Phi) is 8.61. The smallest absolute Gasteiger partial charge is 0.146 e. The standard InChI is InChI=1S/C31H34O2P2/c1-2-3-16-31(35(33,29-21-12-6-13-22-29)30-23-14-7-15-24-30)25-26-34(32,27-17-8-4-9-18-27)28-19-10-5-11-20-28/h4-15,17-24,31H,2-3,16,25-26H2,1H3. The molecule has 0 saturated heterocycles. The summed E-state index contributed by atoms with van der Waals surface area (Å²) in [6, 6.07) is 39.5. The molecule has 1 unspecified atom stereocenters. The van der Waals surface area contributed by atoms with Crippen molar-refractivity contribution in [1.82, 2.24) is 0 Å². The van der Waals surface area contributed by atoms with Crippen molar-refractivity contribution in [3.05, 3.63) is 121 Å². The molecule has 1 atom stereocenters. The molecule has 4 heteroatoms. The fourth-order valence-corrected chi connectivity index (χ4v) is 11.3. The van der Waals surface area contributed by atoms with Gasteiger partial charge < -0.3 is 9.13 Å². The lowest BCUT2D eigenvalue weighted by molar-refractivity contribution is 0.558. The predicted molar refractivity (Wildman–Crippen MR) is 152 cm³/mol. The minimum Gasteiger partial charge on any atom is -0.314 e. The second kappa shape index (κ2) is 11.9. The Balaban J connectivity index is 1.77. The van der Waals surface area contributed by atoms with Gasteiger partial charge in [-0.3, -0.25) is 0 Å². The molecule has 0 bridgehead atoms. The molecule has 2 nitrogen and oxygen atoms in total. The van der Waals surface area contributed by atoms with Crippen molar-refractivity contribution in [1.29, 1.82) is 0 Å². The summed E-state index contributed by atoms with van der Waals surface area (Å²) >= 11 is 0. The molecule has 0 aliphatic rings. The normalized spacial score (nSPS) is 12.8. The Morgan fingerprint density at radius 3 is 1.29 bits per heavy atom. The van der Waals surface area contributed by atoms with Crippen LogP contribution in [0.3, 0.4) is 0 Å². The van der Waals surface area contributed by atoms with E-state index in [9.17, 15) is 4.57 Å². The molecule has 0 heterocycles. The molecule has 4 aromatic rings. The van der Waals surface area contributed by atoms with E-state index in [1.807, 2.05) is 121 Å². The minimum atomic E-state index is -2.95. The highest BCUT2D eigenvalue weighted by molar-refractivity contribution is 7.80. The molecule has 0 aliphatic carbocycles. The van der Waals surface area contributed by atoms with E-state index in [1.165, 1.54) is 0 Å². The minimum absolute atomic E-state index is 0.0759. The number of benzene rings is 4. The molecule has 0 N–H and O–H groups in total. The Bertz CT molecular complexity index is 1190. The number of rotatable bonds is 11. The molecule has 0 radical (unpaired) electrons. The van der Waals surface area contributed by atoms with Crippen molar-refractivity contribution in [2.24, 2.45) is 0 Å². The highest BCUT2D eigenvalue weighted by Crippen LogP contribution is 2.54. The third kappa shape index (κ3) is 5.61. The van der Waals surface area contributed by atoms with Gasteiger partial charge in [0.25, 0.3) is 0 Å². The van der Waals surface area contributed by atoms with Crippen LogP contribution in [0.25, 0.3) is 0 Å². The third-order valence-corrected chi connectivity index (χ3v) is 13.6. The van der Waals surface area contributed by atoms with Gasteiger partial charge >= 0.3 is 0 Å². The van der Waals surface area contributed by atoms with Gasteiger partial charge in [-0.25, -0.2) is 0 Å². The Morgan fingerprint density at radius 2 is 0.914 bits per heavy atom. The van der Waals surface area contributed by atoms with Crippen LogP contribution in [0.5, 0.6) is 0 Å². The Hall–Kier alpha value is -2.66. The maximum atomic E-state index is 15.1. The predicted octanol–water partition coefficient (Wildman–Crippen LogP) is 6.96. The van der Waals surface area contributed by atoms with Gasteiger partial charge in [0.15, 0.2) is 0 Å². The van der Waals surface area contributed by atoms with Gasteiger partial charge in [0.1, 0.15) is 14.3 Å². The second-order valence-electron chi connectivity index (χ2n) is 9.05. The van der Waals surface area contributed by atoms with E-state index in [2.05, 4.69) is 6.92 Å². The zero-order valence-electron chi connectivity index (χ0n) is 20.4. The van der Waals surface area contributed by atoms with E-state index in [4.69, 9.17) is 0 Å². The van der Waals surface area contributed by atoms with Crippen LogP contribution in [0.2, 0.25) is 0 Å². The SMILES string of the molecule is CCCCC(CCP(=O)(c1ccccc1)c1ccccc1)P(=O)(c1ccccc1)c1ccccc1. The summed E-state index contributed by atoms with van der Waals surface area (Å²) in [6.07, 6.45) is 4.02. The van der Waals surface area contributed by atoms with Gasteiger partial charge in [0.2, 0.25) is 0 Å². The number of unbranched alkanes of at least 4 members (excludes halogenated alkanes) is 1. The summed E-state index contributed by atoms with van der Waals surface area (Å²) in [6.45, 7) is 2.17. The van der Waals surface area contributed by atoms with E-state index in [-0.39, 0.29) is 5.66 Å². The lowest BCUT2D eigenvalue weighted by Crippen LogP contribution is -2.28. The molecule has 35 heavy (non-hydrogen) atoms. The molecule has 4 rings (SSSR count). The van der Waals surface area contributed by atoms with E-state index in [0.717, 1.165) is 40.5 Å². The van der Waals surface area contributed by atoms with Crippen molar-refractivity contribution in [2.75, 3.05) is 6.16 Å². The maximum absolute atomic E-state index is 15.1. The first kappa shape index (κ1) is 25.4. The quantitative estimate of drug-likeness (QED) is 0.209. The molecular formula is C31H34O2P2. The largest absolute Gasteiger partial charge is 0.314 e. The van der Waals surface area contributed by atoms with Crippen LogP contribution in [0.1, 0.15) is 32.6 Å². The lowest BCUT2D eigenvalue weighted by atomic mass is 10.1. The topological polar surface area (TPSA) is 34.1 Å². The van der Waals surface area contributed by atoms with Crippen molar-refractivity contribution >= 4 is 35.5 Å². The van der Waals surface area contributed by atoms with Crippen molar-refractivity contribution in [3.8, 4) is 0 Å². The molecule has 0 aromatic heterocycles. The second-order valence-corrected chi connectivity index (χ2v) is 15.1. The summed E-state index contributed by atoms with van der Waals surface area (Å²) in [4.78, 5) is 0. The number of hydrogen-bond donors (Lipinski definition) is 0. The van der Waals surface area contributed by atoms with Crippen LogP contribution < -0.4 is 21.2 Å². The van der Waals surface area contributed by atoms with Crippen LogP contribution in [0, 0.1) is 0 Å². The molecule has 0 fully saturated rings. The van der Waals surface area contributed by atoms with Gasteiger partial charge in [-0.05, 0) is 12.8 Å². The van der Waals surface area contributed by atoms with E-state index in [0.29, 0.717) is 12.6 Å². The van der Waals surface area contributed by atoms with Gasteiger partial charge in [-0.1, -0.05) is 141 Å². The summed E-state index contributed by atoms with van der Waals surface area (Å²) in [5, 5.41) is 3.52. The molecule has 0 spiro atoms.